The molecule has 0 saturated carbocycles. The van der Waals surface area contributed by atoms with Crippen LogP contribution in [0.1, 0.15) is 13.3 Å². The molecule has 16 heavy (non-hydrogen) atoms. The van der Waals surface area contributed by atoms with Gasteiger partial charge in [0.05, 0.1) is 13.2 Å². The second-order valence-corrected chi connectivity index (χ2v) is 3.72. The van der Waals surface area contributed by atoms with Crippen molar-refractivity contribution in [2.75, 3.05) is 46.9 Å². The maximum Gasteiger partial charge on any atom is 0.205 e. The van der Waals surface area contributed by atoms with E-state index in [9.17, 15) is 0 Å². The Morgan fingerprint density at radius 1 is 1.38 bits per heavy atom. The van der Waals surface area contributed by atoms with Gasteiger partial charge < -0.3 is 15.0 Å². The number of nitrogens with one attached hydrogen (secondary N) is 2. The van der Waals surface area contributed by atoms with E-state index in [1.807, 2.05) is 14.1 Å². The van der Waals surface area contributed by atoms with Crippen molar-refractivity contribution in [3.8, 4) is 0 Å². The number of nitrogens with two attached hydrogens (primary N) is 1. The summed E-state index contributed by atoms with van der Waals surface area (Å²) in [6.45, 7) is 5.88. The van der Waals surface area contributed by atoms with Crippen molar-refractivity contribution in [2.45, 2.75) is 13.3 Å². The van der Waals surface area contributed by atoms with E-state index in [1.54, 1.807) is 0 Å². The molecule has 0 unspecified atom stereocenters. The molecule has 0 aromatic carbocycles. The number of hydrogen-bond acceptors (Lipinski definition) is 4. The quantitative estimate of drug-likeness (QED) is 0.171. The molecule has 0 aliphatic carbocycles. The van der Waals surface area contributed by atoms with Crippen LogP contribution in [0.4, 0.5) is 0 Å². The number of likely N-dealkylation sites (N-methyl/N-ethyl adjacent to an activating group) is 1. The third-order valence-corrected chi connectivity index (χ3v) is 1.85. The number of ether oxygens (including phenoxy) is 1. The minimum Gasteiger partial charge on any atom is -0.378 e. The van der Waals surface area contributed by atoms with Gasteiger partial charge in [-0.3, -0.25) is 10.4 Å². The molecule has 0 aromatic heterocycles. The molecule has 96 valence electrons. The lowest BCUT2D eigenvalue weighted by Crippen LogP contribution is -2.43. The number of rotatable bonds is 8. The lowest BCUT2D eigenvalue weighted by atomic mass is 10.5. The van der Waals surface area contributed by atoms with Crippen LogP contribution in [0.5, 0.6) is 0 Å². The van der Waals surface area contributed by atoms with Crippen LogP contribution in [0, 0.1) is 0 Å². The van der Waals surface area contributed by atoms with E-state index in [-0.39, 0.29) is 0 Å². The van der Waals surface area contributed by atoms with Crippen LogP contribution in [0.3, 0.4) is 0 Å². The van der Waals surface area contributed by atoms with Crippen molar-refractivity contribution >= 4 is 5.96 Å². The summed E-state index contributed by atoms with van der Waals surface area (Å²) in [7, 11) is 4.05. The van der Waals surface area contributed by atoms with Gasteiger partial charge in [0, 0.05) is 19.6 Å². The normalized spacial score (nSPS) is 11.9. The third kappa shape index (κ3) is 9.70. The predicted octanol–water partition coefficient (Wildman–Crippen LogP) is -0.616. The minimum absolute atomic E-state index is 0.623. The number of guanidine groups is 1. The topological polar surface area (TPSA) is 74.9 Å². The van der Waals surface area contributed by atoms with Crippen LogP contribution in [-0.4, -0.2) is 57.8 Å². The Morgan fingerprint density at radius 3 is 2.69 bits per heavy atom. The lowest BCUT2D eigenvalue weighted by molar-refractivity contribution is 0.121. The fourth-order valence-electron chi connectivity index (χ4n) is 0.967. The minimum atomic E-state index is 0.623. The van der Waals surface area contributed by atoms with Crippen molar-refractivity contribution in [2.24, 2.45) is 10.8 Å². The number of hydrogen-bond donors (Lipinski definition) is 3. The van der Waals surface area contributed by atoms with Gasteiger partial charge in [-0.1, -0.05) is 6.92 Å². The van der Waals surface area contributed by atoms with Gasteiger partial charge in [-0.05, 0) is 20.5 Å². The fraction of sp³-hybridized carbons (Fsp3) is 0.900. The summed E-state index contributed by atoms with van der Waals surface area (Å²) in [6, 6.07) is 0. The average Bonchev–Trinajstić information content (AvgIpc) is 2.26. The second-order valence-electron chi connectivity index (χ2n) is 3.72. The number of nitrogens with zero attached hydrogens (tertiary/aromatic N) is 2. The van der Waals surface area contributed by atoms with Crippen LogP contribution in [0.2, 0.25) is 0 Å². The van der Waals surface area contributed by atoms with Gasteiger partial charge in [0.2, 0.25) is 5.96 Å². The summed E-state index contributed by atoms with van der Waals surface area (Å²) in [6.07, 6.45) is 1.01. The molecule has 6 heteroatoms. The summed E-state index contributed by atoms with van der Waals surface area (Å²) >= 11 is 0. The van der Waals surface area contributed by atoms with E-state index >= 15 is 0 Å². The van der Waals surface area contributed by atoms with Crippen LogP contribution in [0.25, 0.3) is 0 Å². The maximum atomic E-state index is 5.42. The molecule has 6 nitrogen and oxygen atoms in total. The molecule has 0 amide bonds. The molecule has 0 atom stereocenters. The molecule has 4 N–H and O–H groups in total. The Balaban J connectivity index is 3.41. The van der Waals surface area contributed by atoms with Crippen molar-refractivity contribution in [3.05, 3.63) is 0 Å². The molecule has 0 radical (unpaired) electrons. The molecule has 0 saturated heterocycles. The van der Waals surface area contributed by atoms with E-state index in [0.29, 0.717) is 19.1 Å². The maximum absolute atomic E-state index is 5.42. The van der Waals surface area contributed by atoms with E-state index in [0.717, 1.165) is 26.1 Å². The van der Waals surface area contributed by atoms with Crippen molar-refractivity contribution < 1.29 is 4.74 Å². The fourth-order valence-corrected chi connectivity index (χ4v) is 0.967. The Kier molecular flexibility index (Phi) is 10.1. The van der Waals surface area contributed by atoms with Crippen molar-refractivity contribution in [1.82, 2.24) is 15.6 Å². The summed E-state index contributed by atoms with van der Waals surface area (Å²) in [5.74, 6) is 5.93. The Hall–Kier alpha value is -0.850. The summed E-state index contributed by atoms with van der Waals surface area (Å²) in [5.41, 5.74) is 2.52. The molecule has 0 aliphatic heterocycles. The highest BCUT2D eigenvalue weighted by Gasteiger charge is 1.94. The van der Waals surface area contributed by atoms with Crippen LogP contribution >= 0.6 is 0 Å². The van der Waals surface area contributed by atoms with E-state index < -0.39 is 0 Å². The highest BCUT2D eigenvalue weighted by atomic mass is 16.5. The van der Waals surface area contributed by atoms with Gasteiger partial charge >= 0.3 is 0 Å². The third-order valence-electron chi connectivity index (χ3n) is 1.85. The number of aliphatic imine (C=N–C) groups is 1. The highest BCUT2D eigenvalue weighted by molar-refractivity contribution is 5.79. The SMILES string of the molecule is CCCN=C(NN)NCCOCCN(C)C. The molecule has 0 heterocycles. The molecule has 0 aromatic rings. The molecule has 0 aliphatic rings. The van der Waals surface area contributed by atoms with Gasteiger partial charge in [-0.25, -0.2) is 5.84 Å². The zero-order chi connectivity index (χ0) is 12.2. The molecule has 0 rings (SSSR count). The van der Waals surface area contributed by atoms with E-state index in [4.69, 9.17) is 10.6 Å². The number of hydrazine groups is 1. The standard InChI is InChI=1S/C10H25N5O/c1-4-5-12-10(14-11)13-6-8-16-9-7-15(2)3/h4-9,11H2,1-3H3,(H2,12,13,14). The Bertz CT molecular complexity index is 184. The van der Waals surface area contributed by atoms with Gasteiger partial charge in [0.1, 0.15) is 0 Å². The van der Waals surface area contributed by atoms with Crippen LogP contribution in [0.15, 0.2) is 4.99 Å². The smallest absolute Gasteiger partial charge is 0.205 e. The lowest BCUT2D eigenvalue weighted by Gasteiger charge is -2.11. The van der Waals surface area contributed by atoms with E-state index in [2.05, 4.69) is 27.6 Å². The highest BCUT2D eigenvalue weighted by Crippen LogP contribution is 1.79. The first-order valence-corrected chi connectivity index (χ1v) is 5.68. The Morgan fingerprint density at radius 2 is 2.12 bits per heavy atom. The first kappa shape index (κ1) is 15.2. The average molecular weight is 231 g/mol. The Labute approximate surface area is 98.2 Å². The largest absolute Gasteiger partial charge is 0.378 e. The zero-order valence-electron chi connectivity index (χ0n) is 10.6. The molecular weight excluding hydrogens is 206 g/mol. The molecular formula is C10H25N5O. The first-order valence-electron chi connectivity index (χ1n) is 5.68. The predicted molar refractivity (Wildman–Crippen MR) is 67.3 cm³/mol. The van der Waals surface area contributed by atoms with Gasteiger partial charge in [0.15, 0.2) is 0 Å². The second kappa shape index (κ2) is 10.7. The van der Waals surface area contributed by atoms with Crippen LogP contribution < -0.4 is 16.6 Å². The summed E-state index contributed by atoms with van der Waals surface area (Å²) in [4.78, 5) is 6.30. The van der Waals surface area contributed by atoms with Crippen molar-refractivity contribution in [1.29, 1.82) is 0 Å². The molecule has 0 fully saturated rings. The molecule has 0 spiro atoms. The molecule has 0 bridgehead atoms. The van der Waals surface area contributed by atoms with Crippen LogP contribution in [-0.2, 0) is 4.74 Å². The van der Waals surface area contributed by atoms with Gasteiger partial charge in [-0.2, -0.15) is 0 Å². The van der Waals surface area contributed by atoms with E-state index in [1.165, 1.54) is 0 Å². The summed E-state index contributed by atoms with van der Waals surface area (Å²) in [5, 5.41) is 3.07. The zero-order valence-corrected chi connectivity index (χ0v) is 10.6. The monoisotopic (exact) mass is 231 g/mol. The van der Waals surface area contributed by atoms with Gasteiger partial charge in [0.25, 0.3) is 0 Å². The first-order chi connectivity index (χ1) is 7.70. The summed E-state index contributed by atoms with van der Waals surface area (Å²) < 4.78 is 5.42. The van der Waals surface area contributed by atoms with Gasteiger partial charge in [-0.15, -0.1) is 0 Å². The van der Waals surface area contributed by atoms with Crippen molar-refractivity contribution in [3.63, 3.8) is 0 Å².